The highest BCUT2D eigenvalue weighted by Crippen LogP contribution is 2.38. The Kier molecular flexibility index (Phi) is 4.77. The molecule has 1 heterocycles. The minimum absolute atomic E-state index is 0.483. The van der Waals surface area contributed by atoms with E-state index in [0.717, 1.165) is 34.6 Å². The smallest absolute Gasteiger partial charge is 0.214 e. The Morgan fingerprint density at radius 3 is 3.05 bits per heavy atom. The predicted octanol–water partition coefficient (Wildman–Crippen LogP) is 3.31. The summed E-state index contributed by atoms with van der Waals surface area (Å²) in [6, 6.07) is 6.45. The van der Waals surface area contributed by atoms with Crippen molar-refractivity contribution in [2.75, 3.05) is 6.54 Å². The molecule has 0 unspecified atom stereocenters. The fraction of sp³-hybridized carbons (Fsp3) is 0.500. The average Bonchev–Trinajstić information content (AvgIpc) is 3.22. The molecule has 3 rings (SSSR count). The maximum absolute atomic E-state index is 6.12. The molecule has 1 fully saturated rings. The first-order chi connectivity index (χ1) is 10.3. The van der Waals surface area contributed by atoms with Crippen LogP contribution in [0.2, 0.25) is 5.02 Å². The molecular formula is C14H18ClN5S. The predicted molar refractivity (Wildman–Crippen MR) is 83.7 cm³/mol. The van der Waals surface area contributed by atoms with Crippen LogP contribution in [0, 0.1) is 0 Å². The first-order valence-electron chi connectivity index (χ1n) is 7.22. The van der Waals surface area contributed by atoms with E-state index in [1.165, 1.54) is 18.4 Å². The summed E-state index contributed by atoms with van der Waals surface area (Å²) in [6.45, 7) is 3.96. The van der Waals surface area contributed by atoms with E-state index in [-0.39, 0.29) is 0 Å². The fourth-order valence-electron chi connectivity index (χ4n) is 2.08. The van der Waals surface area contributed by atoms with Gasteiger partial charge in [0.15, 0.2) is 0 Å². The minimum atomic E-state index is 0.483. The van der Waals surface area contributed by atoms with E-state index in [9.17, 15) is 0 Å². The maximum atomic E-state index is 6.12. The number of hydrogen-bond acceptors (Lipinski definition) is 5. The number of nitrogens with one attached hydrogen (secondary N) is 1. The molecule has 1 aromatic carbocycles. The van der Waals surface area contributed by atoms with Gasteiger partial charge in [-0.15, -0.1) is 5.10 Å². The third-order valence-corrected chi connectivity index (χ3v) is 4.63. The Balaban J connectivity index is 1.78. The van der Waals surface area contributed by atoms with Crippen molar-refractivity contribution in [3.05, 3.63) is 28.8 Å². The number of nitrogens with zero attached hydrogens (tertiary/aromatic N) is 4. The molecule has 0 atom stereocenters. The van der Waals surface area contributed by atoms with Crippen molar-refractivity contribution in [2.45, 2.75) is 48.8 Å². The van der Waals surface area contributed by atoms with E-state index in [1.807, 2.05) is 22.9 Å². The van der Waals surface area contributed by atoms with Crippen LogP contribution in [0.15, 0.2) is 28.3 Å². The Labute approximate surface area is 133 Å². The Hall–Kier alpha value is -1.11. The zero-order chi connectivity index (χ0) is 14.7. The minimum Gasteiger partial charge on any atom is -0.313 e. The van der Waals surface area contributed by atoms with Gasteiger partial charge in [-0.25, -0.2) is 4.68 Å². The molecule has 5 nitrogen and oxygen atoms in total. The van der Waals surface area contributed by atoms with Crippen molar-refractivity contribution in [3.63, 3.8) is 0 Å². The lowest BCUT2D eigenvalue weighted by molar-refractivity contribution is 0.565. The van der Waals surface area contributed by atoms with Gasteiger partial charge in [0, 0.05) is 16.5 Å². The van der Waals surface area contributed by atoms with Gasteiger partial charge in [-0.1, -0.05) is 18.5 Å². The Morgan fingerprint density at radius 2 is 2.29 bits per heavy atom. The highest BCUT2D eigenvalue weighted by molar-refractivity contribution is 7.99. The largest absolute Gasteiger partial charge is 0.313 e. The quantitative estimate of drug-likeness (QED) is 0.792. The van der Waals surface area contributed by atoms with Crippen molar-refractivity contribution in [1.82, 2.24) is 25.5 Å². The zero-order valence-electron chi connectivity index (χ0n) is 11.9. The number of aromatic nitrogens is 4. The van der Waals surface area contributed by atoms with E-state index in [1.54, 1.807) is 11.8 Å². The maximum Gasteiger partial charge on any atom is 0.214 e. The lowest BCUT2D eigenvalue weighted by Gasteiger charge is -2.10. The van der Waals surface area contributed by atoms with Crippen molar-refractivity contribution in [2.24, 2.45) is 0 Å². The van der Waals surface area contributed by atoms with Gasteiger partial charge < -0.3 is 5.32 Å². The third kappa shape index (κ3) is 3.75. The van der Waals surface area contributed by atoms with Crippen molar-refractivity contribution in [1.29, 1.82) is 0 Å². The average molecular weight is 324 g/mol. The normalized spacial score (nSPS) is 14.6. The first-order valence-corrected chi connectivity index (χ1v) is 8.42. The summed E-state index contributed by atoms with van der Waals surface area (Å²) < 4.78 is 1.93. The highest BCUT2D eigenvalue weighted by atomic mass is 35.5. The van der Waals surface area contributed by atoms with Crippen LogP contribution < -0.4 is 5.32 Å². The fourth-order valence-corrected chi connectivity index (χ4v) is 3.23. The van der Waals surface area contributed by atoms with Crippen LogP contribution in [0.5, 0.6) is 0 Å². The van der Waals surface area contributed by atoms with E-state index in [0.29, 0.717) is 6.04 Å². The van der Waals surface area contributed by atoms with Crippen LogP contribution in [0.1, 0.15) is 37.8 Å². The van der Waals surface area contributed by atoms with Gasteiger partial charge in [-0.2, -0.15) is 0 Å². The molecule has 2 aromatic rings. The third-order valence-electron chi connectivity index (χ3n) is 3.32. The molecule has 0 spiro atoms. The summed E-state index contributed by atoms with van der Waals surface area (Å²) in [7, 11) is 0. The molecule has 0 amide bonds. The highest BCUT2D eigenvalue weighted by Gasteiger charge is 2.28. The molecule has 1 N–H and O–H groups in total. The van der Waals surface area contributed by atoms with Crippen molar-refractivity contribution < 1.29 is 0 Å². The molecule has 0 saturated heterocycles. The molecular weight excluding hydrogens is 306 g/mol. The molecule has 112 valence electrons. The summed E-state index contributed by atoms with van der Waals surface area (Å²) in [4.78, 5) is 1.15. The van der Waals surface area contributed by atoms with Crippen LogP contribution >= 0.6 is 23.4 Å². The Bertz CT molecular complexity index is 611. The van der Waals surface area contributed by atoms with Crippen molar-refractivity contribution >= 4 is 23.4 Å². The lowest BCUT2D eigenvalue weighted by atomic mass is 10.2. The molecule has 0 radical (unpaired) electrons. The second-order valence-electron chi connectivity index (χ2n) is 5.17. The van der Waals surface area contributed by atoms with Gasteiger partial charge in [-0.05, 0) is 71.8 Å². The number of hydrogen-bond donors (Lipinski definition) is 1. The van der Waals surface area contributed by atoms with Crippen LogP contribution in [0.4, 0.5) is 0 Å². The number of tetrazole rings is 1. The number of benzene rings is 1. The van der Waals surface area contributed by atoms with Crippen LogP contribution in [-0.2, 0) is 6.54 Å². The standard InChI is InChI=1S/C14H18ClN5S/c1-2-7-16-9-10-8-11(15)3-6-13(10)21-14-17-18-19-20(14)12-4-5-12/h3,6,8,12,16H,2,4-5,7,9H2,1H3. The van der Waals surface area contributed by atoms with Gasteiger partial charge >= 0.3 is 0 Å². The van der Waals surface area contributed by atoms with Gasteiger partial charge in [-0.3, -0.25) is 0 Å². The van der Waals surface area contributed by atoms with Crippen LogP contribution in [0.25, 0.3) is 0 Å². The second kappa shape index (κ2) is 6.77. The molecule has 1 saturated carbocycles. The molecule has 1 aliphatic rings. The summed E-state index contributed by atoms with van der Waals surface area (Å²) in [5.41, 5.74) is 1.19. The van der Waals surface area contributed by atoms with E-state index in [4.69, 9.17) is 11.6 Å². The zero-order valence-corrected chi connectivity index (χ0v) is 13.5. The molecule has 1 aliphatic carbocycles. The van der Waals surface area contributed by atoms with Crippen LogP contribution in [-0.4, -0.2) is 26.8 Å². The van der Waals surface area contributed by atoms with Gasteiger partial charge in [0.2, 0.25) is 5.16 Å². The molecule has 7 heteroatoms. The van der Waals surface area contributed by atoms with Crippen LogP contribution in [0.3, 0.4) is 0 Å². The van der Waals surface area contributed by atoms with E-state index >= 15 is 0 Å². The SMILES string of the molecule is CCCNCc1cc(Cl)ccc1Sc1nnnn1C1CC1. The molecule has 0 bridgehead atoms. The van der Waals surface area contributed by atoms with Gasteiger partial charge in [0.1, 0.15) is 0 Å². The molecule has 21 heavy (non-hydrogen) atoms. The number of rotatable bonds is 7. The lowest BCUT2D eigenvalue weighted by Crippen LogP contribution is -2.14. The van der Waals surface area contributed by atoms with Gasteiger partial charge in [0.05, 0.1) is 6.04 Å². The summed E-state index contributed by atoms with van der Waals surface area (Å²) >= 11 is 7.73. The monoisotopic (exact) mass is 323 g/mol. The van der Waals surface area contributed by atoms with Gasteiger partial charge in [0.25, 0.3) is 0 Å². The Morgan fingerprint density at radius 1 is 1.43 bits per heavy atom. The summed E-state index contributed by atoms with van der Waals surface area (Å²) in [5, 5.41) is 17.1. The summed E-state index contributed by atoms with van der Waals surface area (Å²) in [5.74, 6) is 0. The van der Waals surface area contributed by atoms with Crippen molar-refractivity contribution in [3.8, 4) is 0 Å². The molecule has 1 aromatic heterocycles. The second-order valence-corrected chi connectivity index (χ2v) is 6.61. The number of halogens is 1. The van der Waals surface area contributed by atoms with E-state index in [2.05, 4.69) is 27.8 Å². The van der Waals surface area contributed by atoms with E-state index < -0.39 is 0 Å². The molecule has 0 aliphatic heterocycles. The summed E-state index contributed by atoms with van der Waals surface area (Å²) in [6.07, 6.45) is 3.46. The first kappa shape index (κ1) is 14.8. The topological polar surface area (TPSA) is 55.6 Å².